The fourth-order valence-electron chi connectivity index (χ4n) is 4.97. The molecule has 1 aliphatic carbocycles. The summed E-state index contributed by atoms with van der Waals surface area (Å²) in [4.78, 5) is 51.1. The van der Waals surface area contributed by atoms with E-state index in [1.54, 1.807) is 41.8 Å². The maximum atomic E-state index is 13.1. The Hall–Kier alpha value is -4.53. The van der Waals surface area contributed by atoms with E-state index in [0.29, 0.717) is 28.4 Å². The number of carbonyl (C=O) groups excluding carboxylic acids is 2. The SMILES string of the molecule is CC(=O)c1ccc(N2CCN(c3nc(C)c4ccc(=O)n(-c5ccc(C(=O)NC6CC6)cc5)c4n3)CC2)cc1. The third-order valence-electron chi connectivity index (χ3n) is 7.43. The van der Waals surface area contributed by atoms with Crippen molar-refractivity contribution >= 4 is 34.4 Å². The number of hydrogen-bond acceptors (Lipinski definition) is 7. The molecule has 39 heavy (non-hydrogen) atoms. The van der Waals surface area contributed by atoms with Crippen LogP contribution >= 0.6 is 0 Å². The zero-order valence-corrected chi connectivity index (χ0v) is 22.1. The predicted molar refractivity (Wildman–Crippen MR) is 151 cm³/mol. The number of aromatic nitrogens is 3. The van der Waals surface area contributed by atoms with Crippen LogP contribution in [0, 0.1) is 6.92 Å². The summed E-state index contributed by atoms with van der Waals surface area (Å²) in [5, 5.41) is 3.80. The lowest BCUT2D eigenvalue weighted by Crippen LogP contribution is -2.47. The van der Waals surface area contributed by atoms with Crippen LogP contribution in [-0.4, -0.2) is 58.4 Å². The first-order valence-corrected chi connectivity index (χ1v) is 13.3. The van der Waals surface area contributed by atoms with Gasteiger partial charge in [0.15, 0.2) is 11.4 Å². The van der Waals surface area contributed by atoms with Crippen LogP contribution in [0.5, 0.6) is 0 Å². The smallest absolute Gasteiger partial charge is 0.256 e. The number of benzene rings is 2. The molecule has 2 fully saturated rings. The molecular formula is C30H30N6O3. The number of fused-ring (bicyclic) bond motifs is 1. The molecule has 2 aromatic carbocycles. The molecule has 9 nitrogen and oxygen atoms in total. The van der Waals surface area contributed by atoms with Crippen molar-refractivity contribution in [3.05, 3.63) is 87.8 Å². The Morgan fingerprint density at radius 2 is 1.41 bits per heavy atom. The minimum atomic E-state index is -0.194. The van der Waals surface area contributed by atoms with E-state index < -0.39 is 0 Å². The molecule has 0 unspecified atom stereocenters. The van der Waals surface area contributed by atoms with E-state index in [1.807, 2.05) is 31.2 Å². The van der Waals surface area contributed by atoms with Gasteiger partial charge < -0.3 is 15.1 Å². The lowest BCUT2D eigenvalue weighted by molar-refractivity contribution is 0.0950. The number of piperazine rings is 1. The van der Waals surface area contributed by atoms with E-state index in [0.717, 1.165) is 55.8 Å². The lowest BCUT2D eigenvalue weighted by atomic mass is 10.1. The van der Waals surface area contributed by atoms with Gasteiger partial charge in [0, 0.05) is 60.5 Å². The first-order valence-electron chi connectivity index (χ1n) is 13.3. The van der Waals surface area contributed by atoms with Gasteiger partial charge in [0.1, 0.15) is 0 Å². The van der Waals surface area contributed by atoms with Gasteiger partial charge in [-0.05, 0) is 81.3 Å². The molecule has 4 aromatic rings. The van der Waals surface area contributed by atoms with E-state index in [-0.39, 0.29) is 23.3 Å². The van der Waals surface area contributed by atoms with Gasteiger partial charge in [-0.25, -0.2) is 4.98 Å². The predicted octanol–water partition coefficient (Wildman–Crippen LogP) is 3.51. The average Bonchev–Trinajstić information content (AvgIpc) is 3.77. The molecule has 6 rings (SSSR count). The number of nitrogens with one attached hydrogen (secondary N) is 1. The number of nitrogens with zero attached hydrogens (tertiary/aromatic N) is 5. The minimum absolute atomic E-state index is 0.0590. The highest BCUT2D eigenvalue weighted by atomic mass is 16.2. The number of ketones is 1. The molecule has 1 N–H and O–H groups in total. The fraction of sp³-hybridized carbons (Fsp3) is 0.300. The van der Waals surface area contributed by atoms with Crippen molar-refractivity contribution in [3.8, 4) is 5.69 Å². The topological polar surface area (TPSA) is 100 Å². The standard InChI is InChI=1S/C30H30N6O3/c1-19-26-13-14-27(38)36(25-11-5-22(6-12-25)29(39)32-23-7-8-23)28(26)33-30(31-19)35-17-15-34(16-18-35)24-9-3-21(4-10-24)20(2)37/h3-6,9-14,23H,7-8,15-18H2,1-2H3,(H,32,39). The fourth-order valence-corrected chi connectivity index (χ4v) is 4.97. The number of pyridine rings is 1. The zero-order chi connectivity index (χ0) is 27.1. The summed E-state index contributed by atoms with van der Waals surface area (Å²) >= 11 is 0. The van der Waals surface area contributed by atoms with Gasteiger partial charge in [-0.2, -0.15) is 4.98 Å². The number of aryl methyl sites for hydroxylation is 1. The molecule has 2 aliphatic rings. The molecule has 9 heteroatoms. The molecule has 1 amide bonds. The van der Waals surface area contributed by atoms with Gasteiger partial charge in [-0.3, -0.25) is 19.0 Å². The molecule has 1 aliphatic heterocycles. The number of carbonyl (C=O) groups is 2. The van der Waals surface area contributed by atoms with Crippen molar-refractivity contribution in [3.63, 3.8) is 0 Å². The van der Waals surface area contributed by atoms with Crippen LogP contribution in [0.1, 0.15) is 46.2 Å². The molecule has 1 saturated heterocycles. The minimum Gasteiger partial charge on any atom is -0.368 e. The number of amides is 1. The van der Waals surface area contributed by atoms with Gasteiger partial charge in [0.05, 0.1) is 11.4 Å². The lowest BCUT2D eigenvalue weighted by Gasteiger charge is -2.36. The quantitative estimate of drug-likeness (QED) is 0.387. The molecular weight excluding hydrogens is 492 g/mol. The Kier molecular flexibility index (Phi) is 6.34. The zero-order valence-electron chi connectivity index (χ0n) is 22.1. The summed E-state index contributed by atoms with van der Waals surface area (Å²) in [6.07, 6.45) is 2.06. The third kappa shape index (κ3) is 4.99. The van der Waals surface area contributed by atoms with Gasteiger partial charge >= 0.3 is 0 Å². The van der Waals surface area contributed by atoms with Crippen LogP contribution in [0.3, 0.4) is 0 Å². The monoisotopic (exact) mass is 522 g/mol. The molecule has 2 aromatic heterocycles. The van der Waals surface area contributed by atoms with Crippen LogP contribution in [0.2, 0.25) is 0 Å². The summed E-state index contributed by atoms with van der Waals surface area (Å²) in [7, 11) is 0. The van der Waals surface area contributed by atoms with Crippen LogP contribution in [-0.2, 0) is 0 Å². The second kappa shape index (κ2) is 9.98. The van der Waals surface area contributed by atoms with Crippen LogP contribution in [0.15, 0.2) is 65.5 Å². The van der Waals surface area contributed by atoms with Crippen molar-refractivity contribution in [1.82, 2.24) is 19.9 Å². The van der Waals surface area contributed by atoms with E-state index in [2.05, 4.69) is 15.1 Å². The molecule has 198 valence electrons. The van der Waals surface area contributed by atoms with Gasteiger partial charge in [0.25, 0.3) is 11.5 Å². The molecule has 0 radical (unpaired) electrons. The van der Waals surface area contributed by atoms with E-state index in [4.69, 9.17) is 9.97 Å². The van der Waals surface area contributed by atoms with Crippen molar-refractivity contribution in [2.75, 3.05) is 36.0 Å². The van der Waals surface area contributed by atoms with E-state index in [9.17, 15) is 14.4 Å². The summed E-state index contributed by atoms with van der Waals surface area (Å²) in [5.41, 5.74) is 4.16. The second-order valence-corrected chi connectivity index (χ2v) is 10.2. The van der Waals surface area contributed by atoms with Gasteiger partial charge in [-0.15, -0.1) is 0 Å². The Morgan fingerprint density at radius 1 is 0.795 bits per heavy atom. The van der Waals surface area contributed by atoms with Crippen molar-refractivity contribution in [2.45, 2.75) is 32.7 Å². The van der Waals surface area contributed by atoms with Crippen molar-refractivity contribution in [1.29, 1.82) is 0 Å². The molecule has 0 bridgehead atoms. The second-order valence-electron chi connectivity index (χ2n) is 10.2. The first kappa shape index (κ1) is 24.8. The Balaban J connectivity index is 1.26. The number of rotatable bonds is 6. The summed E-state index contributed by atoms with van der Waals surface area (Å²) in [6, 6.07) is 18.4. The molecule has 1 saturated carbocycles. The summed E-state index contributed by atoms with van der Waals surface area (Å²) in [6.45, 7) is 6.52. The van der Waals surface area contributed by atoms with E-state index >= 15 is 0 Å². The highest BCUT2D eigenvalue weighted by Gasteiger charge is 2.24. The third-order valence-corrected chi connectivity index (χ3v) is 7.43. The molecule has 3 heterocycles. The maximum Gasteiger partial charge on any atom is 0.256 e. The van der Waals surface area contributed by atoms with Crippen LogP contribution in [0.25, 0.3) is 16.7 Å². The van der Waals surface area contributed by atoms with Gasteiger partial charge in [0.2, 0.25) is 5.95 Å². The van der Waals surface area contributed by atoms with Gasteiger partial charge in [-0.1, -0.05) is 0 Å². The highest BCUT2D eigenvalue weighted by Crippen LogP contribution is 2.24. The van der Waals surface area contributed by atoms with Crippen molar-refractivity contribution in [2.24, 2.45) is 0 Å². The maximum absolute atomic E-state index is 13.1. The van der Waals surface area contributed by atoms with E-state index in [1.165, 1.54) is 6.07 Å². The largest absolute Gasteiger partial charge is 0.368 e. The summed E-state index contributed by atoms with van der Waals surface area (Å²) < 4.78 is 1.59. The Labute approximate surface area is 226 Å². The summed E-state index contributed by atoms with van der Waals surface area (Å²) in [5.74, 6) is 0.554. The van der Waals surface area contributed by atoms with Crippen molar-refractivity contribution < 1.29 is 9.59 Å². The number of hydrogen-bond donors (Lipinski definition) is 1. The molecule has 0 spiro atoms. The first-order chi connectivity index (χ1) is 18.9. The normalized spacial score (nSPS) is 15.4. The average molecular weight is 523 g/mol. The number of Topliss-reactive ketones (excluding diaryl/α,β-unsaturated/α-hetero) is 1. The Morgan fingerprint density at radius 3 is 2.05 bits per heavy atom. The number of anilines is 2. The van der Waals surface area contributed by atoms with Crippen LogP contribution < -0.4 is 20.7 Å². The Bertz CT molecular complexity index is 1620. The molecule has 0 atom stereocenters. The highest BCUT2D eigenvalue weighted by molar-refractivity contribution is 5.95. The van der Waals surface area contributed by atoms with Crippen LogP contribution in [0.4, 0.5) is 11.6 Å².